The molecule has 4 saturated heterocycles. The zero-order valence-corrected chi connectivity index (χ0v) is 20.6. The quantitative estimate of drug-likeness (QED) is 0.660. The number of piperazine rings is 1. The molecule has 0 saturated carbocycles. The topological polar surface area (TPSA) is 82.6 Å². The van der Waals surface area contributed by atoms with Gasteiger partial charge in [-0.2, -0.15) is 0 Å². The molecule has 4 aliphatic rings. The van der Waals surface area contributed by atoms with Crippen molar-refractivity contribution in [1.29, 1.82) is 0 Å². The Balaban J connectivity index is 1.41. The van der Waals surface area contributed by atoms with E-state index in [-0.39, 0.29) is 49.4 Å². The van der Waals surface area contributed by atoms with Crippen molar-refractivity contribution in [2.45, 2.75) is 49.4 Å². The van der Waals surface area contributed by atoms with Crippen LogP contribution in [0.5, 0.6) is 0 Å². The Morgan fingerprint density at radius 3 is 2.44 bits per heavy atom. The van der Waals surface area contributed by atoms with Crippen LogP contribution in [0.2, 0.25) is 10.0 Å². The summed E-state index contributed by atoms with van der Waals surface area (Å²) in [5.41, 5.74) is -0.700. The van der Waals surface area contributed by atoms with E-state index < -0.39 is 5.60 Å². The first kappa shape index (κ1) is 24.3. The van der Waals surface area contributed by atoms with Gasteiger partial charge in [0.2, 0.25) is 5.91 Å². The molecule has 0 spiro atoms. The van der Waals surface area contributed by atoms with E-state index in [1.807, 2.05) is 11.0 Å². The van der Waals surface area contributed by atoms with Crippen molar-refractivity contribution in [2.75, 3.05) is 52.6 Å². The van der Waals surface area contributed by atoms with Crippen LogP contribution in [0, 0.1) is 0 Å². The largest absolute Gasteiger partial charge is 0.378 e. The lowest BCUT2D eigenvalue weighted by atomic mass is 9.89. The maximum absolute atomic E-state index is 13.6. The van der Waals surface area contributed by atoms with E-state index in [1.165, 1.54) is 0 Å². The molecule has 4 atom stereocenters. The van der Waals surface area contributed by atoms with Crippen molar-refractivity contribution in [3.8, 4) is 0 Å². The maximum atomic E-state index is 13.6. The molecular formula is C24H31Cl2N3O5. The molecule has 0 aliphatic carbocycles. The van der Waals surface area contributed by atoms with E-state index in [1.54, 1.807) is 17.0 Å². The van der Waals surface area contributed by atoms with E-state index in [9.17, 15) is 14.7 Å². The van der Waals surface area contributed by atoms with Gasteiger partial charge in [-0.1, -0.05) is 29.3 Å². The summed E-state index contributed by atoms with van der Waals surface area (Å²) < 4.78 is 11.3. The van der Waals surface area contributed by atoms with E-state index in [0.29, 0.717) is 43.0 Å². The summed E-state index contributed by atoms with van der Waals surface area (Å²) >= 11 is 12.2. The average Bonchev–Trinajstić information content (AvgIpc) is 3.53. The molecule has 186 valence electrons. The van der Waals surface area contributed by atoms with E-state index >= 15 is 0 Å². The summed E-state index contributed by atoms with van der Waals surface area (Å²) in [6, 6.07) is 4.74. The fourth-order valence-corrected chi connectivity index (χ4v) is 6.16. The lowest BCUT2D eigenvalue weighted by Gasteiger charge is -2.54. The van der Waals surface area contributed by atoms with Crippen molar-refractivity contribution in [3.05, 3.63) is 33.8 Å². The van der Waals surface area contributed by atoms with Crippen molar-refractivity contribution < 1.29 is 24.2 Å². The zero-order chi connectivity index (χ0) is 23.9. The van der Waals surface area contributed by atoms with E-state index in [4.69, 9.17) is 32.7 Å². The van der Waals surface area contributed by atoms with Gasteiger partial charge in [-0.05, 0) is 43.6 Å². The second-order valence-electron chi connectivity index (χ2n) is 9.75. The molecule has 8 nitrogen and oxygen atoms in total. The molecule has 2 amide bonds. The van der Waals surface area contributed by atoms with Crippen molar-refractivity contribution in [1.82, 2.24) is 14.7 Å². The molecular weight excluding hydrogens is 481 g/mol. The average molecular weight is 512 g/mol. The third kappa shape index (κ3) is 4.56. The lowest BCUT2D eigenvalue weighted by Crippen LogP contribution is -2.73. The number of amides is 2. The Hall–Kier alpha value is -1.42. The predicted octanol–water partition coefficient (Wildman–Crippen LogP) is 1.59. The highest BCUT2D eigenvalue weighted by atomic mass is 35.5. The highest BCUT2D eigenvalue weighted by molar-refractivity contribution is 6.42. The number of ether oxygens (including phenoxy) is 2. The van der Waals surface area contributed by atoms with Crippen LogP contribution in [0.25, 0.3) is 0 Å². The molecule has 10 heteroatoms. The summed E-state index contributed by atoms with van der Waals surface area (Å²) in [7, 11) is 0. The third-order valence-electron chi connectivity index (χ3n) is 7.64. The molecule has 4 fully saturated rings. The first-order chi connectivity index (χ1) is 16.4. The molecule has 5 rings (SSSR count). The van der Waals surface area contributed by atoms with Gasteiger partial charge in [-0.3, -0.25) is 14.5 Å². The molecule has 0 radical (unpaired) electrons. The number of hydrogen-bond acceptors (Lipinski definition) is 6. The summed E-state index contributed by atoms with van der Waals surface area (Å²) in [5, 5.41) is 11.8. The van der Waals surface area contributed by atoms with Gasteiger partial charge in [-0.25, -0.2) is 0 Å². The van der Waals surface area contributed by atoms with Gasteiger partial charge in [0, 0.05) is 19.5 Å². The van der Waals surface area contributed by atoms with Gasteiger partial charge in [0.25, 0.3) is 5.91 Å². The SMILES string of the molecule is O=C(Cc1ccc(Cl)c(Cl)c1)N1CCN(C(=O)C2(O)CCOC2)[C@@H]2COC[C@H](N3CCCC3)C21. The number of hydrogen-bond donors (Lipinski definition) is 1. The van der Waals surface area contributed by atoms with E-state index in [0.717, 1.165) is 31.5 Å². The minimum Gasteiger partial charge on any atom is -0.378 e. The second kappa shape index (κ2) is 9.91. The van der Waals surface area contributed by atoms with Crippen LogP contribution in [-0.2, 0) is 25.5 Å². The number of halogens is 2. The Labute approximate surface area is 209 Å². The first-order valence-corrected chi connectivity index (χ1v) is 12.8. The van der Waals surface area contributed by atoms with Crippen molar-refractivity contribution in [2.24, 2.45) is 0 Å². The minimum atomic E-state index is -1.50. The van der Waals surface area contributed by atoms with Crippen LogP contribution in [0.4, 0.5) is 0 Å². The molecule has 34 heavy (non-hydrogen) atoms. The highest BCUT2D eigenvalue weighted by Crippen LogP contribution is 2.33. The van der Waals surface area contributed by atoms with Crippen molar-refractivity contribution >= 4 is 35.0 Å². The first-order valence-electron chi connectivity index (χ1n) is 12.0. The summed E-state index contributed by atoms with van der Waals surface area (Å²) in [4.78, 5) is 33.1. The van der Waals surface area contributed by atoms with Crippen LogP contribution >= 0.6 is 23.2 Å². The summed E-state index contributed by atoms with van der Waals surface area (Å²) in [5.74, 6) is -0.322. The Kier molecular flexibility index (Phi) is 7.08. The molecule has 0 aromatic heterocycles. The molecule has 1 aromatic rings. The van der Waals surface area contributed by atoms with Crippen LogP contribution in [0.15, 0.2) is 18.2 Å². The number of fused-ring (bicyclic) bond motifs is 1. The van der Waals surface area contributed by atoms with Gasteiger partial charge in [0.05, 0.1) is 61.0 Å². The monoisotopic (exact) mass is 511 g/mol. The van der Waals surface area contributed by atoms with Crippen LogP contribution < -0.4 is 0 Å². The Morgan fingerprint density at radius 2 is 1.74 bits per heavy atom. The zero-order valence-electron chi connectivity index (χ0n) is 19.1. The number of nitrogens with zero attached hydrogens (tertiary/aromatic N) is 3. The number of benzene rings is 1. The fraction of sp³-hybridized carbons (Fsp3) is 0.667. The second-order valence-corrected chi connectivity index (χ2v) is 10.6. The molecule has 2 unspecified atom stereocenters. The standard InChI is InChI=1S/C24H31Cl2N3O5/c25-17-4-3-16(11-18(17)26)12-21(30)29-9-8-28(23(31)24(32)5-10-33-15-24)20-14-34-13-19(22(20)29)27-6-1-2-7-27/h3-4,11,19-20,22,32H,1-2,5-10,12-15H2/t19-,20+,22?,24?/m0/s1. The van der Waals surface area contributed by atoms with Gasteiger partial charge in [0.15, 0.2) is 5.60 Å². The third-order valence-corrected chi connectivity index (χ3v) is 8.38. The van der Waals surface area contributed by atoms with E-state index in [2.05, 4.69) is 4.90 Å². The number of aliphatic hydroxyl groups is 1. The van der Waals surface area contributed by atoms with Crippen LogP contribution in [0.1, 0.15) is 24.8 Å². The maximum Gasteiger partial charge on any atom is 0.257 e. The number of rotatable bonds is 4. The molecule has 0 bridgehead atoms. The normalized spacial score (nSPS) is 32.1. The van der Waals surface area contributed by atoms with Gasteiger partial charge in [0.1, 0.15) is 0 Å². The Bertz CT molecular complexity index is 935. The number of carbonyl (C=O) groups is 2. The van der Waals surface area contributed by atoms with Gasteiger partial charge < -0.3 is 24.4 Å². The smallest absolute Gasteiger partial charge is 0.257 e. The number of carbonyl (C=O) groups excluding carboxylic acids is 2. The predicted molar refractivity (Wildman–Crippen MR) is 127 cm³/mol. The molecule has 1 N–H and O–H groups in total. The lowest BCUT2D eigenvalue weighted by molar-refractivity contribution is -0.174. The van der Waals surface area contributed by atoms with Gasteiger partial charge in [-0.15, -0.1) is 0 Å². The molecule has 4 aliphatic heterocycles. The summed E-state index contributed by atoms with van der Waals surface area (Å²) in [6.07, 6.45) is 2.73. The van der Waals surface area contributed by atoms with Crippen LogP contribution in [-0.4, -0.2) is 108 Å². The minimum absolute atomic E-state index is 0.00377. The molecule has 1 aromatic carbocycles. The van der Waals surface area contributed by atoms with Gasteiger partial charge >= 0.3 is 0 Å². The van der Waals surface area contributed by atoms with Crippen LogP contribution in [0.3, 0.4) is 0 Å². The number of likely N-dealkylation sites (tertiary alicyclic amines) is 1. The fourth-order valence-electron chi connectivity index (χ4n) is 5.84. The highest BCUT2D eigenvalue weighted by Gasteiger charge is 2.53. The summed E-state index contributed by atoms with van der Waals surface area (Å²) in [6.45, 7) is 3.91. The molecule has 4 heterocycles. The Morgan fingerprint density at radius 1 is 1.00 bits per heavy atom. The van der Waals surface area contributed by atoms with Crippen molar-refractivity contribution in [3.63, 3.8) is 0 Å².